The molecule has 0 radical (unpaired) electrons. The van der Waals surface area contributed by atoms with Gasteiger partial charge in [-0.25, -0.2) is 0 Å². The van der Waals surface area contributed by atoms with Crippen LogP contribution in [0.4, 0.5) is 0 Å². The van der Waals surface area contributed by atoms with Gasteiger partial charge in [-0.2, -0.15) is 0 Å². The maximum Gasteiger partial charge on any atom is 0.252 e. The van der Waals surface area contributed by atoms with Gasteiger partial charge in [-0.1, -0.05) is 30.7 Å². The van der Waals surface area contributed by atoms with Crippen molar-refractivity contribution in [2.45, 2.75) is 18.7 Å². The molecule has 0 aliphatic heterocycles. The van der Waals surface area contributed by atoms with E-state index in [2.05, 4.69) is 5.32 Å². The van der Waals surface area contributed by atoms with Crippen LogP contribution in [0.25, 0.3) is 0 Å². The van der Waals surface area contributed by atoms with Gasteiger partial charge in [-0.3, -0.25) is 4.79 Å². The maximum atomic E-state index is 11.6. The van der Waals surface area contributed by atoms with Gasteiger partial charge in [0.05, 0.1) is 16.0 Å². The van der Waals surface area contributed by atoms with E-state index in [1.165, 1.54) is 0 Å². The lowest BCUT2D eigenvalue weighted by Crippen LogP contribution is -2.29. The molecule has 4 heteroatoms. The van der Waals surface area contributed by atoms with E-state index in [9.17, 15) is 4.79 Å². The monoisotopic (exact) mass is 245 g/mol. The molecule has 1 N–H and O–H groups in total. The second kappa shape index (κ2) is 5.99. The van der Waals surface area contributed by atoms with Gasteiger partial charge in [0.25, 0.3) is 5.91 Å². The number of carbonyl (C=O) groups excluding carboxylic acids is 1. The number of nitrogens with one attached hydrogen (secondary N) is 1. The molecule has 0 aliphatic carbocycles. The molecular weight excluding hydrogens is 233 g/mol. The minimum absolute atomic E-state index is 0.0311. The first-order valence-electron chi connectivity index (χ1n) is 4.82. The van der Waals surface area contributed by atoms with Crippen LogP contribution in [0.5, 0.6) is 0 Å². The summed E-state index contributed by atoms with van der Waals surface area (Å²) in [6, 6.07) is 6.94. The zero-order chi connectivity index (χ0) is 11.3. The molecule has 1 unspecified atom stereocenters. The molecule has 82 valence electrons. The third-order valence-corrected chi connectivity index (χ3v) is 2.84. The van der Waals surface area contributed by atoms with Crippen LogP contribution >= 0.6 is 23.2 Å². The van der Waals surface area contributed by atoms with Gasteiger partial charge in [-0.15, -0.1) is 11.6 Å². The van der Waals surface area contributed by atoms with Crippen LogP contribution in [-0.2, 0) is 0 Å². The average Bonchev–Trinajstić information content (AvgIpc) is 2.26. The first-order valence-corrected chi connectivity index (χ1v) is 5.63. The Labute approximate surface area is 99.6 Å². The molecule has 0 heterocycles. The van der Waals surface area contributed by atoms with Crippen LogP contribution in [0.3, 0.4) is 0 Å². The molecule has 1 amide bonds. The summed E-state index contributed by atoms with van der Waals surface area (Å²) in [5, 5.41) is 3.16. The fourth-order valence-corrected chi connectivity index (χ4v) is 1.39. The largest absolute Gasteiger partial charge is 0.351 e. The zero-order valence-electron chi connectivity index (χ0n) is 8.47. The summed E-state index contributed by atoms with van der Waals surface area (Å²) in [6.07, 6.45) is 0.824. The second-order valence-corrected chi connectivity index (χ2v) is 4.22. The van der Waals surface area contributed by atoms with Crippen molar-refractivity contribution in [3.8, 4) is 0 Å². The molecule has 0 bridgehead atoms. The Hall–Kier alpha value is -0.730. The van der Waals surface area contributed by atoms with Gasteiger partial charge in [0.15, 0.2) is 0 Å². The first kappa shape index (κ1) is 12.3. The first-order chi connectivity index (χ1) is 7.15. The Balaban J connectivity index is 2.58. The van der Waals surface area contributed by atoms with Crippen molar-refractivity contribution in [3.05, 3.63) is 34.9 Å². The topological polar surface area (TPSA) is 29.1 Å². The standard InChI is InChI=1S/C11H13Cl2NO/c1-2-8(12)7-14-11(15)9-5-3-4-6-10(9)13/h3-6,8H,2,7H2,1H3,(H,14,15). The van der Waals surface area contributed by atoms with Crippen LogP contribution in [0.2, 0.25) is 5.02 Å². The van der Waals surface area contributed by atoms with Crippen molar-refractivity contribution in [2.24, 2.45) is 0 Å². The van der Waals surface area contributed by atoms with E-state index in [0.717, 1.165) is 6.42 Å². The molecular formula is C11H13Cl2NO. The highest BCUT2D eigenvalue weighted by Crippen LogP contribution is 2.14. The number of halogens is 2. The predicted molar refractivity (Wildman–Crippen MR) is 63.7 cm³/mol. The van der Waals surface area contributed by atoms with Gasteiger partial charge in [-0.05, 0) is 18.6 Å². The summed E-state index contributed by atoms with van der Waals surface area (Å²) >= 11 is 11.8. The van der Waals surface area contributed by atoms with Crippen molar-refractivity contribution in [1.29, 1.82) is 0 Å². The lowest BCUT2D eigenvalue weighted by atomic mass is 10.2. The van der Waals surface area contributed by atoms with Crippen LogP contribution in [-0.4, -0.2) is 17.8 Å². The number of benzene rings is 1. The molecule has 0 aliphatic rings. The normalized spacial score (nSPS) is 12.2. The second-order valence-electron chi connectivity index (χ2n) is 3.20. The summed E-state index contributed by atoms with van der Waals surface area (Å²) in [4.78, 5) is 11.6. The molecule has 0 saturated heterocycles. The van der Waals surface area contributed by atoms with Gasteiger partial charge in [0.1, 0.15) is 0 Å². The highest BCUT2D eigenvalue weighted by molar-refractivity contribution is 6.33. The van der Waals surface area contributed by atoms with E-state index in [1.54, 1.807) is 24.3 Å². The minimum atomic E-state index is -0.181. The third kappa shape index (κ3) is 3.73. The van der Waals surface area contributed by atoms with Gasteiger partial charge in [0.2, 0.25) is 0 Å². The highest BCUT2D eigenvalue weighted by atomic mass is 35.5. The number of amides is 1. The summed E-state index contributed by atoms with van der Waals surface area (Å²) in [5.74, 6) is -0.181. The predicted octanol–water partition coefficient (Wildman–Crippen LogP) is 3.09. The van der Waals surface area contributed by atoms with Gasteiger partial charge in [0, 0.05) is 6.54 Å². The number of alkyl halides is 1. The quantitative estimate of drug-likeness (QED) is 0.812. The van der Waals surface area contributed by atoms with Crippen molar-refractivity contribution >= 4 is 29.1 Å². The molecule has 2 nitrogen and oxygen atoms in total. The fraction of sp³-hybridized carbons (Fsp3) is 0.364. The number of carbonyl (C=O) groups is 1. The number of rotatable bonds is 4. The Morgan fingerprint density at radius 3 is 2.73 bits per heavy atom. The highest BCUT2D eigenvalue weighted by Gasteiger charge is 2.10. The molecule has 1 aromatic carbocycles. The zero-order valence-corrected chi connectivity index (χ0v) is 9.98. The Morgan fingerprint density at radius 2 is 2.13 bits per heavy atom. The Morgan fingerprint density at radius 1 is 1.47 bits per heavy atom. The third-order valence-electron chi connectivity index (χ3n) is 2.05. The molecule has 0 aromatic heterocycles. The van der Waals surface area contributed by atoms with E-state index < -0.39 is 0 Å². The summed E-state index contributed by atoms with van der Waals surface area (Å²) in [5.41, 5.74) is 0.485. The molecule has 0 saturated carbocycles. The molecule has 1 atom stereocenters. The summed E-state index contributed by atoms with van der Waals surface area (Å²) in [6.45, 7) is 2.43. The van der Waals surface area contributed by atoms with Crippen LogP contribution in [0.1, 0.15) is 23.7 Å². The van der Waals surface area contributed by atoms with Crippen LogP contribution < -0.4 is 5.32 Å². The molecule has 0 fully saturated rings. The fourth-order valence-electron chi connectivity index (χ4n) is 1.09. The lowest BCUT2D eigenvalue weighted by Gasteiger charge is -2.09. The van der Waals surface area contributed by atoms with Crippen molar-refractivity contribution in [1.82, 2.24) is 5.32 Å². The summed E-state index contributed by atoms with van der Waals surface area (Å²) < 4.78 is 0. The molecule has 15 heavy (non-hydrogen) atoms. The number of hydrogen-bond acceptors (Lipinski definition) is 1. The smallest absolute Gasteiger partial charge is 0.252 e. The van der Waals surface area contributed by atoms with Gasteiger partial charge >= 0.3 is 0 Å². The van der Waals surface area contributed by atoms with E-state index >= 15 is 0 Å². The van der Waals surface area contributed by atoms with Crippen LogP contribution in [0, 0.1) is 0 Å². The van der Waals surface area contributed by atoms with E-state index in [0.29, 0.717) is 17.1 Å². The Bertz CT molecular complexity index is 341. The maximum absolute atomic E-state index is 11.6. The van der Waals surface area contributed by atoms with Crippen molar-refractivity contribution < 1.29 is 4.79 Å². The SMILES string of the molecule is CCC(Cl)CNC(=O)c1ccccc1Cl. The minimum Gasteiger partial charge on any atom is -0.351 e. The lowest BCUT2D eigenvalue weighted by molar-refractivity contribution is 0.0953. The van der Waals surface area contributed by atoms with E-state index in [1.807, 2.05) is 6.92 Å². The average molecular weight is 246 g/mol. The summed E-state index contributed by atoms with van der Waals surface area (Å²) in [7, 11) is 0. The molecule has 1 aromatic rings. The molecule has 0 spiro atoms. The van der Waals surface area contributed by atoms with E-state index in [4.69, 9.17) is 23.2 Å². The van der Waals surface area contributed by atoms with Crippen molar-refractivity contribution in [2.75, 3.05) is 6.54 Å². The Kier molecular flexibility index (Phi) is 4.92. The van der Waals surface area contributed by atoms with Gasteiger partial charge < -0.3 is 5.32 Å². The van der Waals surface area contributed by atoms with Crippen LogP contribution in [0.15, 0.2) is 24.3 Å². The van der Waals surface area contributed by atoms with E-state index in [-0.39, 0.29) is 11.3 Å². The van der Waals surface area contributed by atoms with Crippen molar-refractivity contribution in [3.63, 3.8) is 0 Å². The molecule has 1 rings (SSSR count). The number of hydrogen-bond donors (Lipinski definition) is 1.